The van der Waals surface area contributed by atoms with Crippen LogP contribution in [-0.2, 0) is 14.3 Å². The lowest BCUT2D eigenvalue weighted by atomic mass is 9.85. The Bertz CT molecular complexity index is 511. The second-order valence-electron chi connectivity index (χ2n) is 5.04. The monoisotopic (exact) mass is 358 g/mol. The summed E-state index contributed by atoms with van der Waals surface area (Å²) in [4.78, 5) is 11.3. The van der Waals surface area contributed by atoms with Gasteiger partial charge < -0.3 is 9.84 Å². The molecule has 1 aliphatic heterocycles. The van der Waals surface area contributed by atoms with Crippen molar-refractivity contribution in [1.29, 1.82) is 0 Å². The fourth-order valence-corrected chi connectivity index (χ4v) is 1.85. The van der Waals surface area contributed by atoms with Crippen LogP contribution in [0.1, 0.15) is 19.8 Å². The van der Waals surface area contributed by atoms with E-state index < -0.39 is 54.2 Å². The highest BCUT2D eigenvalue weighted by Crippen LogP contribution is 2.55. The third kappa shape index (κ3) is 3.74. The number of carbonyl (C=O) groups is 1. The molecule has 1 rings (SSSR count). The molecular formula is C11H10F8O4. The van der Waals surface area contributed by atoms with Crippen LogP contribution in [0.2, 0.25) is 0 Å². The van der Waals surface area contributed by atoms with Crippen molar-refractivity contribution in [3.63, 3.8) is 0 Å². The number of rotatable bonds is 2. The molecule has 23 heavy (non-hydrogen) atoms. The van der Waals surface area contributed by atoms with Crippen LogP contribution in [0.5, 0.6) is 0 Å². The van der Waals surface area contributed by atoms with Gasteiger partial charge in [-0.05, 0) is 6.92 Å². The Morgan fingerprint density at radius 2 is 1.61 bits per heavy atom. The van der Waals surface area contributed by atoms with Gasteiger partial charge in [0.15, 0.2) is 0 Å². The van der Waals surface area contributed by atoms with Crippen LogP contribution in [0, 0.1) is 0 Å². The number of esters is 1. The summed E-state index contributed by atoms with van der Waals surface area (Å²) >= 11 is 0. The van der Waals surface area contributed by atoms with Crippen LogP contribution < -0.4 is 0 Å². The lowest BCUT2D eigenvalue weighted by Gasteiger charge is -2.47. The smallest absolute Gasteiger partial charge is 0.443 e. The number of carbonyl (C=O) groups excluding carboxylic acids is 1. The summed E-state index contributed by atoms with van der Waals surface area (Å²) in [6.07, 6.45) is -21.8. The van der Waals surface area contributed by atoms with Gasteiger partial charge in [0.25, 0.3) is 5.79 Å². The molecule has 0 bridgehead atoms. The molecule has 134 valence electrons. The molecule has 1 N–H and O–H groups in total. The normalized spacial score (nSPS) is 31.6. The Hall–Kier alpha value is -1.43. The maximum absolute atomic E-state index is 13.3. The molecule has 0 aliphatic carbocycles. The first kappa shape index (κ1) is 19.6. The largest absolute Gasteiger partial charge is 0.445 e. The van der Waals surface area contributed by atoms with E-state index in [1.165, 1.54) is 0 Å². The van der Waals surface area contributed by atoms with E-state index in [9.17, 15) is 39.9 Å². The van der Waals surface area contributed by atoms with Crippen molar-refractivity contribution >= 4 is 5.97 Å². The van der Waals surface area contributed by atoms with E-state index in [2.05, 4.69) is 16.1 Å². The van der Waals surface area contributed by atoms with Crippen molar-refractivity contribution in [2.45, 2.75) is 49.6 Å². The Labute approximate surface area is 123 Å². The molecule has 12 heteroatoms. The molecule has 1 fully saturated rings. The average Bonchev–Trinajstić information content (AvgIpc) is 2.22. The molecular weight excluding hydrogens is 348 g/mol. The van der Waals surface area contributed by atoms with Gasteiger partial charge in [0.1, 0.15) is 0 Å². The molecule has 0 spiro atoms. The van der Waals surface area contributed by atoms with E-state index in [0.29, 0.717) is 0 Å². The lowest BCUT2D eigenvalue weighted by molar-refractivity contribution is -0.484. The van der Waals surface area contributed by atoms with Crippen LogP contribution in [0.15, 0.2) is 12.2 Å². The van der Waals surface area contributed by atoms with Crippen molar-refractivity contribution in [2.24, 2.45) is 0 Å². The van der Waals surface area contributed by atoms with Gasteiger partial charge >= 0.3 is 24.4 Å². The summed E-state index contributed by atoms with van der Waals surface area (Å²) in [5.74, 6) is -6.70. The summed E-state index contributed by atoms with van der Waals surface area (Å²) in [6.45, 7) is 3.77. The molecule has 0 saturated carbocycles. The van der Waals surface area contributed by atoms with Gasteiger partial charge in [-0.25, -0.2) is 4.79 Å². The van der Waals surface area contributed by atoms with E-state index in [1.54, 1.807) is 0 Å². The van der Waals surface area contributed by atoms with Crippen molar-refractivity contribution in [3.8, 4) is 0 Å². The Balaban J connectivity index is 3.44. The third-order valence-corrected chi connectivity index (χ3v) is 2.93. The third-order valence-electron chi connectivity index (χ3n) is 2.93. The van der Waals surface area contributed by atoms with E-state index in [0.717, 1.165) is 6.92 Å². The highest BCUT2D eigenvalue weighted by molar-refractivity contribution is 5.87. The maximum Gasteiger partial charge on any atom is 0.443 e. The molecule has 1 saturated heterocycles. The first-order chi connectivity index (χ1) is 9.95. The summed E-state index contributed by atoms with van der Waals surface area (Å²) in [5, 5.41) is 9.15. The Kier molecular flexibility index (Phi) is 4.52. The zero-order valence-corrected chi connectivity index (χ0v) is 11.3. The van der Waals surface area contributed by atoms with Crippen molar-refractivity contribution in [1.82, 2.24) is 0 Å². The van der Waals surface area contributed by atoms with Crippen LogP contribution in [-0.4, -0.2) is 40.9 Å². The minimum absolute atomic E-state index is 0.668. The van der Waals surface area contributed by atoms with Gasteiger partial charge in [-0.1, -0.05) is 6.58 Å². The van der Waals surface area contributed by atoms with Crippen LogP contribution >= 0.6 is 0 Å². The fraction of sp³-hybridized carbons (Fsp3) is 0.727. The Morgan fingerprint density at radius 3 is 1.96 bits per heavy atom. The number of halogens is 8. The fourth-order valence-electron chi connectivity index (χ4n) is 1.85. The molecule has 0 radical (unpaired) electrons. The van der Waals surface area contributed by atoms with E-state index in [-0.39, 0.29) is 0 Å². The predicted molar refractivity (Wildman–Crippen MR) is 56.0 cm³/mol. The van der Waals surface area contributed by atoms with Crippen molar-refractivity contribution in [2.75, 3.05) is 0 Å². The van der Waals surface area contributed by atoms with Crippen molar-refractivity contribution in [3.05, 3.63) is 12.2 Å². The predicted octanol–water partition coefficient (Wildman–Crippen LogP) is 3.06. The number of hydrogen-bond donors (Lipinski definition) is 1. The number of ether oxygens (including phenoxy) is 2. The Morgan fingerprint density at radius 1 is 1.13 bits per heavy atom. The number of hydrogen-bond acceptors (Lipinski definition) is 4. The van der Waals surface area contributed by atoms with Crippen molar-refractivity contribution < 1.29 is 54.5 Å². The molecule has 0 amide bonds. The minimum atomic E-state index is -6.00. The topological polar surface area (TPSA) is 55.8 Å². The summed E-state index contributed by atoms with van der Waals surface area (Å²) in [6, 6.07) is 0. The van der Waals surface area contributed by atoms with Gasteiger partial charge in [-0.3, -0.25) is 4.74 Å². The zero-order chi connectivity index (χ0) is 18.5. The second-order valence-corrected chi connectivity index (χ2v) is 5.04. The average molecular weight is 358 g/mol. The van der Waals surface area contributed by atoms with Gasteiger partial charge in [-0.2, -0.15) is 35.1 Å². The van der Waals surface area contributed by atoms with Crippen LogP contribution in [0.25, 0.3) is 0 Å². The highest BCUT2D eigenvalue weighted by atomic mass is 19.4. The maximum atomic E-state index is 13.3. The molecule has 4 nitrogen and oxygen atoms in total. The van der Waals surface area contributed by atoms with Crippen LogP contribution in [0.4, 0.5) is 35.1 Å². The highest BCUT2D eigenvalue weighted by Gasteiger charge is 2.75. The number of alkyl halides is 8. The molecule has 2 atom stereocenters. The lowest BCUT2D eigenvalue weighted by Crippen LogP contribution is -2.67. The molecule has 1 aliphatic rings. The van der Waals surface area contributed by atoms with Gasteiger partial charge in [0, 0.05) is 5.57 Å². The van der Waals surface area contributed by atoms with Gasteiger partial charge in [0.2, 0.25) is 5.60 Å². The van der Waals surface area contributed by atoms with E-state index >= 15 is 0 Å². The summed E-state index contributed by atoms with van der Waals surface area (Å²) in [7, 11) is 0. The first-order valence-electron chi connectivity index (χ1n) is 5.77. The summed E-state index contributed by atoms with van der Waals surface area (Å²) < 4.78 is 111. The summed E-state index contributed by atoms with van der Waals surface area (Å²) in [5.41, 5.74) is -4.98. The molecule has 0 aromatic rings. The van der Waals surface area contributed by atoms with E-state index in [1.807, 2.05) is 0 Å². The zero-order valence-electron chi connectivity index (χ0n) is 11.3. The SMILES string of the molecule is C=C(C)C(=O)OC1(C(F)(F)F)CC(F)(F)OC(O)(C(F)(F)F)C1. The minimum Gasteiger partial charge on any atom is -0.445 e. The molecule has 0 aromatic heterocycles. The second kappa shape index (κ2) is 5.30. The molecule has 0 aromatic carbocycles. The van der Waals surface area contributed by atoms with Gasteiger partial charge in [0.05, 0.1) is 12.8 Å². The standard InChI is InChI=1S/C11H10F8O4/c1-5(2)6(20)22-7(10(14,15)16)3-8(21,11(17,18)19)23-9(12,13)4-7/h21H,1,3-4H2,2H3. The molecule has 2 unspecified atom stereocenters. The quantitative estimate of drug-likeness (QED) is 0.468. The van der Waals surface area contributed by atoms with Crippen LogP contribution in [0.3, 0.4) is 0 Å². The van der Waals surface area contributed by atoms with Gasteiger partial charge in [-0.15, -0.1) is 0 Å². The molecule has 1 heterocycles. The number of aliphatic hydroxyl groups is 1. The first-order valence-corrected chi connectivity index (χ1v) is 5.77. The van der Waals surface area contributed by atoms with E-state index in [4.69, 9.17) is 5.11 Å².